The molecule has 4 atom stereocenters. The smallest absolute Gasteiger partial charge is 0.193 e. The van der Waals surface area contributed by atoms with Crippen LogP contribution in [0.2, 0.25) is 0 Å². The minimum atomic E-state index is -1.27. The lowest BCUT2D eigenvalue weighted by atomic mass is 9.82. The second-order valence-electron chi connectivity index (χ2n) is 9.97. The number of rotatable bonds is 6. The third kappa shape index (κ3) is 4.29. The third-order valence-corrected chi connectivity index (χ3v) is 8.28. The van der Waals surface area contributed by atoms with Crippen molar-refractivity contribution < 1.29 is 23.7 Å². The second-order valence-corrected chi connectivity index (χ2v) is 10.6. The molecular weight excluding hydrogens is 483 g/mol. The van der Waals surface area contributed by atoms with Gasteiger partial charge in [0.05, 0.1) is 24.2 Å². The number of hydrogen-bond acceptors (Lipinski definition) is 8. The van der Waals surface area contributed by atoms with Crippen molar-refractivity contribution in [3.05, 3.63) is 47.8 Å². The number of benzene rings is 1. The van der Waals surface area contributed by atoms with E-state index in [4.69, 9.17) is 19.9 Å². The molecule has 1 saturated carbocycles. The lowest BCUT2D eigenvalue weighted by Gasteiger charge is -2.28. The Labute approximate surface area is 213 Å². The molecule has 0 bridgehead atoms. The van der Waals surface area contributed by atoms with Crippen LogP contribution in [0.3, 0.4) is 0 Å². The molecule has 8 nitrogen and oxygen atoms in total. The number of ether oxygens (including phenoxy) is 3. The van der Waals surface area contributed by atoms with Crippen molar-refractivity contribution >= 4 is 23.0 Å². The molecule has 1 aromatic carbocycles. The number of nitrogens with two attached hydrogens (primary N) is 1. The zero-order chi connectivity index (χ0) is 24.9. The van der Waals surface area contributed by atoms with Gasteiger partial charge in [0.2, 0.25) is 0 Å². The molecule has 3 fully saturated rings. The fraction of sp³-hybridized carbons (Fsp3) is 0.500. The summed E-state index contributed by atoms with van der Waals surface area (Å²) >= 11 is 1.69. The number of pyridine rings is 1. The summed E-state index contributed by atoms with van der Waals surface area (Å²) in [5.74, 6) is 0.555. The average molecular weight is 515 g/mol. The van der Waals surface area contributed by atoms with Gasteiger partial charge in [-0.2, -0.15) is 0 Å². The van der Waals surface area contributed by atoms with Crippen molar-refractivity contribution in [3.63, 3.8) is 0 Å². The molecule has 10 heteroatoms. The third-order valence-electron chi connectivity index (χ3n) is 7.71. The highest BCUT2D eigenvalue weighted by Crippen LogP contribution is 2.37. The maximum Gasteiger partial charge on any atom is 0.193 e. The minimum Gasteiger partial charge on any atom is -0.470 e. The molecule has 36 heavy (non-hydrogen) atoms. The number of aromatic nitrogens is 2. The quantitative estimate of drug-likeness (QED) is 0.370. The van der Waals surface area contributed by atoms with Crippen LogP contribution in [0.4, 0.5) is 4.39 Å². The van der Waals surface area contributed by atoms with Crippen LogP contribution in [0, 0.1) is 5.82 Å². The van der Waals surface area contributed by atoms with E-state index in [1.165, 1.54) is 24.5 Å². The maximum atomic E-state index is 15.0. The van der Waals surface area contributed by atoms with Crippen LogP contribution in [0.15, 0.2) is 36.4 Å². The van der Waals surface area contributed by atoms with Gasteiger partial charge in [-0.15, -0.1) is 0 Å². The normalized spacial score (nSPS) is 32.2. The molecular formula is C26H31FN4O4S. The summed E-state index contributed by atoms with van der Waals surface area (Å²) in [4.78, 5) is 7.65. The van der Waals surface area contributed by atoms with Gasteiger partial charge in [0.15, 0.2) is 23.5 Å². The summed E-state index contributed by atoms with van der Waals surface area (Å²) in [7, 11) is 0. The van der Waals surface area contributed by atoms with E-state index in [0.717, 1.165) is 18.4 Å². The van der Waals surface area contributed by atoms with E-state index in [-0.39, 0.29) is 13.2 Å². The second kappa shape index (κ2) is 9.59. The van der Waals surface area contributed by atoms with E-state index in [1.807, 2.05) is 12.1 Å². The first-order valence-electron chi connectivity index (χ1n) is 12.4. The molecule has 192 valence electrons. The fourth-order valence-corrected chi connectivity index (χ4v) is 6.26. The van der Waals surface area contributed by atoms with Crippen LogP contribution in [-0.2, 0) is 9.47 Å². The van der Waals surface area contributed by atoms with Gasteiger partial charge in [0, 0.05) is 23.7 Å². The van der Waals surface area contributed by atoms with Crippen LogP contribution in [0.25, 0.3) is 22.3 Å². The molecule has 2 saturated heterocycles. The Hall–Kier alpha value is -2.21. The van der Waals surface area contributed by atoms with Gasteiger partial charge in [0.25, 0.3) is 0 Å². The summed E-state index contributed by atoms with van der Waals surface area (Å²) < 4.78 is 35.7. The summed E-state index contributed by atoms with van der Waals surface area (Å²) in [5.41, 5.74) is 8.35. The van der Waals surface area contributed by atoms with E-state index in [0.29, 0.717) is 34.6 Å². The van der Waals surface area contributed by atoms with Gasteiger partial charge in [-0.25, -0.2) is 9.37 Å². The summed E-state index contributed by atoms with van der Waals surface area (Å²) in [6, 6.07) is 11.9. The van der Waals surface area contributed by atoms with Crippen molar-refractivity contribution in [2.24, 2.45) is 5.73 Å². The topological polar surface area (TPSA) is 115 Å². The highest BCUT2D eigenvalue weighted by Gasteiger charge is 2.58. The molecule has 3 aliphatic rings. The molecule has 0 radical (unpaired) electrons. The van der Waals surface area contributed by atoms with Crippen LogP contribution in [0.5, 0.6) is 5.88 Å². The molecule has 6 rings (SSSR count). The van der Waals surface area contributed by atoms with E-state index in [1.54, 1.807) is 18.0 Å². The Morgan fingerprint density at radius 3 is 2.72 bits per heavy atom. The number of aliphatic hydroxyl groups excluding tert-OH is 1. The molecule has 0 unspecified atom stereocenters. The van der Waals surface area contributed by atoms with Crippen molar-refractivity contribution in [1.29, 1.82) is 0 Å². The number of nitrogens with one attached hydrogen (secondary N) is 2. The van der Waals surface area contributed by atoms with Gasteiger partial charge < -0.3 is 24.3 Å². The Morgan fingerprint density at radius 1 is 1.19 bits per heavy atom. The number of hydrogen-bond donors (Lipinski definition) is 4. The predicted molar refractivity (Wildman–Crippen MR) is 136 cm³/mol. The van der Waals surface area contributed by atoms with Gasteiger partial charge >= 0.3 is 0 Å². The van der Waals surface area contributed by atoms with Crippen molar-refractivity contribution in [2.45, 2.75) is 61.7 Å². The molecule has 5 N–H and O–H groups in total. The SMILES string of the molecule is CSNC1CCC(c2ccc(-c3nc4cc(O[C@@H]5CO[C@]6(N)[C@H](O)CO[C@H]56)[nH]c4cc3F)cc2)CC1. The van der Waals surface area contributed by atoms with Crippen molar-refractivity contribution in [2.75, 3.05) is 19.5 Å². The van der Waals surface area contributed by atoms with E-state index in [2.05, 4.69) is 33.1 Å². The Bertz CT molecular complexity index is 1230. The lowest BCUT2D eigenvalue weighted by Crippen LogP contribution is -2.55. The molecule has 0 amide bonds. The Kier molecular flexibility index (Phi) is 6.43. The molecule has 1 aliphatic carbocycles. The van der Waals surface area contributed by atoms with E-state index < -0.39 is 29.9 Å². The van der Waals surface area contributed by atoms with Crippen LogP contribution in [-0.4, -0.2) is 64.6 Å². The van der Waals surface area contributed by atoms with E-state index in [9.17, 15) is 5.11 Å². The monoisotopic (exact) mass is 514 g/mol. The molecule has 3 aromatic rings. The molecule has 4 heterocycles. The highest BCUT2D eigenvalue weighted by molar-refractivity contribution is 7.96. The van der Waals surface area contributed by atoms with Crippen molar-refractivity contribution in [1.82, 2.24) is 14.7 Å². The number of H-pyrrole nitrogens is 1. The number of aromatic amines is 1. The van der Waals surface area contributed by atoms with E-state index >= 15 is 4.39 Å². The maximum absolute atomic E-state index is 15.0. The Morgan fingerprint density at radius 2 is 1.97 bits per heavy atom. The number of aliphatic hydroxyl groups is 1. The summed E-state index contributed by atoms with van der Waals surface area (Å²) in [5, 5.41) is 10.1. The zero-order valence-corrected chi connectivity index (χ0v) is 20.9. The largest absolute Gasteiger partial charge is 0.470 e. The first-order valence-corrected chi connectivity index (χ1v) is 13.6. The van der Waals surface area contributed by atoms with Gasteiger partial charge in [-0.05, 0) is 43.4 Å². The van der Waals surface area contributed by atoms with Crippen LogP contribution in [0.1, 0.15) is 37.2 Å². The van der Waals surface area contributed by atoms with Gasteiger partial charge in [-0.3, -0.25) is 10.5 Å². The predicted octanol–water partition coefficient (Wildman–Crippen LogP) is 3.46. The number of halogens is 1. The van der Waals surface area contributed by atoms with Gasteiger partial charge in [0.1, 0.15) is 17.9 Å². The number of nitrogens with zero attached hydrogens (tertiary/aromatic N) is 1. The molecule has 2 aliphatic heterocycles. The fourth-order valence-electron chi connectivity index (χ4n) is 5.69. The van der Waals surface area contributed by atoms with Crippen LogP contribution < -0.4 is 15.2 Å². The summed E-state index contributed by atoms with van der Waals surface area (Å²) in [6.45, 7) is 0.280. The van der Waals surface area contributed by atoms with Gasteiger partial charge in [-0.1, -0.05) is 36.2 Å². The minimum absolute atomic E-state index is 0.0964. The Balaban J connectivity index is 1.17. The summed E-state index contributed by atoms with van der Waals surface area (Å²) in [6.07, 6.45) is 4.74. The van der Waals surface area contributed by atoms with Crippen molar-refractivity contribution in [3.8, 4) is 17.1 Å². The zero-order valence-electron chi connectivity index (χ0n) is 20.1. The first-order chi connectivity index (χ1) is 17.4. The van der Waals surface area contributed by atoms with Crippen LogP contribution >= 0.6 is 11.9 Å². The number of fused-ring (bicyclic) bond motifs is 2. The standard InChI is InChI=1S/C26H31FN4O4S/c1-36-31-17-8-6-15(7-9-17)14-2-4-16(5-3-14)24-18(27)10-19-20(30-24)11-23(29-19)35-21-12-34-26(28)22(32)13-33-25(21)26/h2-5,10-11,15,17,21-22,25,29,31-32H,6-9,12-13,28H2,1H3/t15?,17?,21-,22-,25-,26-/m1/s1. The first kappa shape index (κ1) is 24.1. The highest BCUT2D eigenvalue weighted by atomic mass is 32.2. The molecule has 2 aromatic heterocycles. The molecule has 0 spiro atoms. The lowest BCUT2D eigenvalue weighted by molar-refractivity contribution is -0.0715. The average Bonchev–Trinajstić information content (AvgIpc) is 3.52.